The molecule has 1 aliphatic rings. The number of hydrogen-bond acceptors (Lipinski definition) is 3. The van der Waals surface area contributed by atoms with Gasteiger partial charge in [-0.2, -0.15) is 0 Å². The summed E-state index contributed by atoms with van der Waals surface area (Å²) in [5, 5.41) is 17.8. The molecule has 2 N–H and O–H groups in total. The highest BCUT2D eigenvalue weighted by Crippen LogP contribution is 2.41. The van der Waals surface area contributed by atoms with E-state index in [4.69, 9.17) is 10.2 Å². The van der Waals surface area contributed by atoms with Crippen molar-refractivity contribution in [3.05, 3.63) is 24.3 Å². The van der Waals surface area contributed by atoms with Crippen molar-refractivity contribution in [3.63, 3.8) is 0 Å². The normalized spacial score (nSPS) is 17.3. The molecule has 0 aliphatic heterocycles. The van der Waals surface area contributed by atoms with E-state index in [0.29, 0.717) is 5.92 Å². The van der Waals surface area contributed by atoms with E-state index in [1.807, 2.05) is 0 Å². The number of hydrogen-bond donors (Lipinski definition) is 2. The monoisotopic (exact) mass is 224 g/mol. The highest BCUT2D eigenvalue weighted by Gasteiger charge is 2.36. The molecule has 4 heteroatoms. The maximum Gasteiger partial charge on any atom is 0.317 e. The van der Waals surface area contributed by atoms with Crippen LogP contribution in [0.3, 0.4) is 0 Å². The Labute approximate surface area is 92.1 Å². The Balaban J connectivity index is 2.05. The van der Waals surface area contributed by atoms with Crippen molar-refractivity contribution in [3.8, 4) is 5.75 Å². The lowest BCUT2D eigenvalue weighted by Crippen LogP contribution is -2.18. The highest BCUT2D eigenvalue weighted by atomic mass is 32.2. The number of benzene rings is 1. The van der Waals surface area contributed by atoms with Crippen LogP contribution in [0.1, 0.15) is 12.8 Å². The van der Waals surface area contributed by atoms with Crippen molar-refractivity contribution in [1.82, 2.24) is 0 Å². The molecule has 1 aromatic rings. The van der Waals surface area contributed by atoms with Gasteiger partial charge in [0.05, 0.1) is 0 Å². The van der Waals surface area contributed by atoms with Crippen LogP contribution in [0.15, 0.2) is 29.2 Å². The van der Waals surface area contributed by atoms with E-state index in [9.17, 15) is 4.79 Å². The molecule has 1 saturated carbocycles. The lowest BCUT2D eigenvalue weighted by molar-refractivity contribution is -0.136. The topological polar surface area (TPSA) is 57.5 Å². The van der Waals surface area contributed by atoms with Gasteiger partial charge < -0.3 is 10.2 Å². The average Bonchev–Trinajstić information content (AvgIpc) is 3.00. The fourth-order valence-corrected chi connectivity index (χ4v) is 2.57. The Morgan fingerprint density at radius 2 is 1.93 bits per heavy atom. The zero-order valence-electron chi connectivity index (χ0n) is 8.09. The Hall–Kier alpha value is -1.16. The molecule has 0 spiro atoms. The van der Waals surface area contributed by atoms with Gasteiger partial charge in [-0.25, -0.2) is 0 Å². The third kappa shape index (κ3) is 2.65. The van der Waals surface area contributed by atoms with Gasteiger partial charge in [0.25, 0.3) is 0 Å². The maximum atomic E-state index is 11.0. The van der Waals surface area contributed by atoms with E-state index in [1.54, 1.807) is 24.3 Å². The summed E-state index contributed by atoms with van der Waals surface area (Å²) in [6.45, 7) is 0. The van der Waals surface area contributed by atoms with Gasteiger partial charge in [-0.15, -0.1) is 11.8 Å². The molecule has 1 fully saturated rings. The van der Waals surface area contributed by atoms with Gasteiger partial charge in [0, 0.05) is 4.90 Å². The highest BCUT2D eigenvalue weighted by molar-refractivity contribution is 8.00. The van der Waals surface area contributed by atoms with Gasteiger partial charge in [-0.1, -0.05) is 0 Å². The number of rotatable bonds is 4. The minimum atomic E-state index is -0.740. The Kier molecular flexibility index (Phi) is 2.86. The van der Waals surface area contributed by atoms with E-state index in [0.717, 1.165) is 17.7 Å². The van der Waals surface area contributed by atoms with Crippen LogP contribution in [0, 0.1) is 5.92 Å². The van der Waals surface area contributed by atoms with Crippen molar-refractivity contribution < 1.29 is 15.0 Å². The molecule has 1 aromatic carbocycles. The van der Waals surface area contributed by atoms with Crippen molar-refractivity contribution in [2.24, 2.45) is 5.92 Å². The molecule has 2 rings (SSSR count). The van der Waals surface area contributed by atoms with Crippen LogP contribution in [0.4, 0.5) is 0 Å². The number of carboxylic acids is 1. The summed E-state index contributed by atoms with van der Waals surface area (Å²) in [5.41, 5.74) is 0. The second kappa shape index (κ2) is 4.14. The quantitative estimate of drug-likeness (QED) is 0.771. The first-order valence-electron chi connectivity index (χ1n) is 4.85. The van der Waals surface area contributed by atoms with Crippen LogP contribution >= 0.6 is 11.8 Å². The molecule has 0 radical (unpaired) electrons. The molecule has 0 saturated heterocycles. The van der Waals surface area contributed by atoms with Gasteiger partial charge >= 0.3 is 5.97 Å². The van der Waals surface area contributed by atoms with E-state index < -0.39 is 5.97 Å². The molecule has 0 bridgehead atoms. The lowest BCUT2D eigenvalue weighted by atomic mass is 10.3. The van der Waals surface area contributed by atoms with Crippen LogP contribution < -0.4 is 0 Å². The predicted octanol–water partition coefficient (Wildman–Crippen LogP) is 2.35. The average molecular weight is 224 g/mol. The van der Waals surface area contributed by atoms with Crippen LogP contribution in [0.25, 0.3) is 0 Å². The van der Waals surface area contributed by atoms with Crippen molar-refractivity contribution >= 4 is 17.7 Å². The third-order valence-electron chi connectivity index (χ3n) is 2.39. The van der Waals surface area contributed by atoms with Crippen LogP contribution in [0.5, 0.6) is 5.75 Å². The largest absolute Gasteiger partial charge is 0.508 e. The second-order valence-corrected chi connectivity index (χ2v) is 4.92. The molecule has 1 atom stereocenters. The number of carbonyl (C=O) groups is 1. The predicted molar refractivity (Wildman–Crippen MR) is 58.1 cm³/mol. The van der Waals surface area contributed by atoms with Crippen LogP contribution in [0.2, 0.25) is 0 Å². The Bertz CT molecular complexity index is 357. The second-order valence-electron chi connectivity index (χ2n) is 3.71. The summed E-state index contributed by atoms with van der Waals surface area (Å²) in [6.07, 6.45) is 2.03. The molecular formula is C11H12O3S. The summed E-state index contributed by atoms with van der Waals surface area (Å²) < 4.78 is 0. The molecule has 1 unspecified atom stereocenters. The number of aromatic hydroxyl groups is 1. The van der Waals surface area contributed by atoms with E-state index in [-0.39, 0.29) is 11.0 Å². The summed E-state index contributed by atoms with van der Waals surface area (Å²) in [4.78, 5) is 11.9. The zero-order chi connectivity index (χ0) is 10.8. The smallest absolute Gasteiger partial charge is 0.317 e. The van der Waals surface area contributed by atoms with Gasteiger partial charge in [-0.3, -0.25) is 4.79 Å². The molecular weight excluding hydrogens is 212 g/mol. The molecule has 15 heavy (non-hydrogen) atoms. The summed E-state index contributed by atoms with van der Waals surface area (Å²) in [5.74, 6) is -0.213. The molecule has 3 nitrogen and oxygen atoms in total. The first-order valence-corrected chi connectivity index (χ1v) is 5.73. The lowest BCUT2D eigenvalue weighted by Gasteiger charge is -2.10. The minimum Gasteiger partial charge on any atom is -0.508 e. The van der Waals surface area contributed by atoms with Gasteiger partial charge in [0.2, 0.25) is 0 Å². The standard InChI is InChI=1S/C11H12O3S/c12-8-3-5-9(6-4-8)15-10(11(13)14)7-1-2-7/h3-7,10,12H,1-2H2,(H,13,14). The molecule has 0 aromatic heterocycles. The van der Waals surface area contributed by atoms with Gasteiger partial charge in [0.15, 0.2) is 0 Å². The Morgan fingerprint density at radius 3 is 2.40 bits per heavy atom. The van der Waals surface area contributed by atoms with Crippen molar-refractivity contribution in [1.29, 1.82) is 0 Å². The van der Waals surface area contributed by atoms with E-state index >= 15 is 0 Å². The molecule has 0 heterocycles. The number of carboxylic acid groups (broad SMARTS) is 1. The van der Waals surface area contributed by atoms with Crippen molar-refractivity contribution in [2.75, 3.05) is 0 Å². The zero-order valence-corrected chi connectivity index (χ0v) is 8.91. The fraction of sp³-hybridized carbons (Fsp3) is 0.364. The number of thioether (sulfide) groups is 1. The van der Waals surface area contributed by atoms with E-state index in [1.165, 1.54) is 11.8 Å². The van der Waals surface area contributed by atoms with Gasteiger partial charge in [0.1, 0.15) is 11.0 Å². The fourth-order valence-electron chi connectivity index (χ4n) is 1.42. The number of phenolic OH excluding ortho intramolecular Hbond substituents is 1. The maximum absolute atomic E-state index is 11.0. The third-order valence-corrected chi connectivity index (χ3v) is 3.78. The first kappa shape index (κ1) is 10.4. The summed E-state index contributed by atoms with van der Waals surface area (Å²) in [7, 11) is 0. The van der Waals surface area contributed by atoms with Gasteiger partial charge in [-0.05, 0) is 43.0 Å². The SMILES string of the molecule is O=C(O)C(Sc1ccc(O)cc1)C1CC1. The first-order chi connectivity index (χ1) is 7.16. The van der Waals surface area contributed by atoms with Crippen molar-refractivity contribution in [2.45, 2.75) is 23.0 Å². The molecule has 1 aliphatic carbocycles. The summed E-state index contributed by atoms with van der Waals surface area (Å²) in [6, 6.07) is 6.65. The summed E-state index contributed by atoms with van der Waals surface area (Å²) >= 11 is 1.37. The molecule has 0 amide bonds. The molecule has 80 valence electrons. The van der Waals surface area contributed by atoms with E-state index in [2.05, 4.69) is 0 Å². The minimum absolute atomic E-state index is 0.206. The number of aliphatic carboxylic acids is 1. The number of phenols is 1. The Morgan fingerprint density at radius 1 is 1.33 bits per heavy atom. The van der Waals surface area contributed by atoms with Crippen LogP contribution in [-0.4, -0.2) is 21.4 Å². The van der Waals surface area contributed by atoms with Crippen LogP contribution in [-0.2, 0) is 4.79 Å².